The van der Waals surface area contributed by atoms with Crippen molar-refractivity contribution in [2.24, 2.45) is 17.3 Å². The number of ether oxygens (including phenoxy) is 1. The molecule has 0 bridgehead atoms. The Morgan fingerprint density at radius 1 is 1.11 bits per heavy atom. The van der Waals surface area contributed by atoms with Gasteiger partial charge in [0.1, 0.15) is 0 Å². The number of hydrogen-bond acceptors (Lipinski definition) is 5. The Hall–Kier alpha value is -2.76. The highest BCUT2D eigenvalue weighted by Gasteiger charge is 2.68. The summed E-state index contributed by atoms with van der Waals surface area (Å²) in [5.74, 6) is -0.600. The fourth-order valence-corrected chi connectivity index (χ4v) is 7.99. The van der Waals surface area contributed by atoms with Crippen LogP contribution in [0.1, 0.15) is 70.3 Å². The molecule has 192 valence electrons. The Morgan fingerprint density at radius 3 is 2.47 bits per heavy atom. The van der Waals surface area contributed by atoms with Gasteiger partial charge in [0.25, 0.3) is 0 Å². The summed E-state index contributed by atoms with van der Waals surface area (Å²) >= 11 is 0. The third kappa shape index (κ3) is 3.67. The van der Waals surface area contributed by atoms with Crippen molar-refractivity contribution < 1.29 is 23.5 Å². The first kappa shape index (κ1) is 24.9. The number of rotatable bonds is 5. The second-order valence-electron chi connectivity index (χ2n) is 11.5. The van der Waals surface area contributed by atoms with Crippen LogP contribution >= 0.6 is 0 Å². The number of alkyl halides is 1. The van der Waals surface area contributed by atoms with E-state index >= 15 is 0 Å². The quantitative estimate of drug-likeness (QED) is 0.508. The van der Waals surface area contributed by atoms with Crippen molar-refractivity contribution in [2.75, 3.05) is 25.7 Å². The van der Waals surface area contributed by atoms with Gasteiger partial charge in [-0.3, -0.25) is 14.4 Å². The molecular formula is C30H36FNO4. The minimum absolute atomic E-state index is 0.0137. The summed E-state index contributed by atoms with van der Waals surface area (Å²) in [7, 11) is 4.02. The number of allylic oxidation sites excluding steroid dienone is 4. The highest BCUT2D eigenvalue weighted by molar-refractivity contribution is 5.93. The molecule has 4 aliphatic rings. The molecule has 5 rings (SSSR count). The third-order valence-corrected chi connectivity index (χ3v) is 9.56. The average molecular weight is 494 g/mol. The number of esters is 1. The topological polar surface area (TPSA) is 63.7 Å². The number of benzene rings is 1. The van der Waals surface area contributed by atoms with Crippen molar-refractivity contribution in [3.05, 3.63) is 52.6 Å². The van der Waals surface area contributed by atoms with Gasteiger partial charge in [0, 0.05) is 44.5 Å². The lowest BCUT2D eigenvalue weighted by Crippen LogP contribution is -2.58. The number of nitrogens with zero attached hydrogens (tertiary/aromatic N) is 1. The molecular weight excluding hydrogens is 457 g/mol. The zero-order valence-corrected chi connectivity index (χ0v) is 21.7. The molecule has 0 unspecified atom stereocenters. The molecule has 0 heterocycles. The molecule has 2 saturated carbocycles. The van der Waals surface area contributed by atoms with E-state index in [4.69, 9.17) is 4.74 Å². The van der Waals surface area contributed by atoms with Crippen LogP contribution in [-0.4, -0.2) is 43.9 Å². The molecule has 6 heteroatoms. The number of anilines is 1. The molecule has 0 aliphatic heterocycles. The van der Waals surface area contributed by atoms with Crippen LogP contribution in [0.5, 0.6) is 0 Å². The van der Waals surface area contributed by atoms with Crippen molar-refractivity contribution in [3.8, 4) is 0 Å². The van der Waals surface area contributed by atoms with Crippen LogP contribution in [0.3, 0.4) is 0 Å². The van der Waals surface area contributed by atoms with E-state index in [1.54, 1.807) is 0 Å². The van der Waals surface area contributed by atoms with Gasteiger partial charge in [-0.1, -0.05) is 24.6 Å². The van der Waals surface area contributed by atoms with Crippen molar-refractivity contribution in [3.63, 3.8) is 0 Å². The van der Waals surface area contributed by atoms with Crippen molar-refractivity contribution in [1.29, 1.82) is 0 Å². The largest absolute Gasteiger partial charge is 0.451 e. The summed E-state index contributed by atoms with van der Waals surface area (Å²) in [6.07, 6.45) is 6.55. The number of carbonyl (C=O) groups is 3. The van der Waals surface area contributed by atoms with Gasteiger partial charge in [0.2, 0.25) is 5.78 Å². The minimum Gasteiger partial charge on any atom is -0.451 e. The maximum absolute atomic E-state index is 14.0. The summed E-state index contributed by atoms with van der Waals surface area (Å²) in [5.41, 5.74) is 4.02. The monoisotopic (exact) mass is 493 g/mol. The Kier molecular flexibility index (Phi) is 6.20. The second kappa shape index (κ2) is 8.97. The summed E-state index contributed by atoms with van der Waals surface area (Å²) < 4.78 is 19.9. The first-order valence-electron chi connectivity index (χ1n) is 13.1. The Morgan fingerprint density at radius 2 is 1.83 bits per heavy atom. The smallest absolute Gasteiger partial charge is 0.303 e. The Balaban J connectivity index is 1.69. The number of carbonyl (C=O) groups excluding carboxylic acids is 3. The van der Waals surface area contributed by atoms with Crippen LogP contribution in [0, 0.1) is 17.3 Å². The van der Waals surface area contributed by atoms with Gasteiger partial charge in [-0.25, -0.2) is 4.39 Å². The van der Waals surface area contributed by atoms with E-state index in [9.17, 15) is 18.8 Å². The number of hydrogen-bond donors (Lipinski definition) is 0. The average Bonchev–Trinajstić information content (AvgIpc) is 3.14. The van der Waals surface area contributed by atoms with Gasteiger partial charge in [-0.2, -0.15) is 0 Å². The van der Waals surface area contributed by atoms with Gasteiger partial charge in [0.05, 0.1) is 0 Å². The predicted molar refractivity (Wildman–Crippen MR) is 137 cm³/mol. The Labute approximate surface area is 212 Å². The SMILES string of the molecule is CC(=O)O[C@]1(C(=O)CF)CC[C@H]2[C@@H]3CCC4=CC(=O)CCC4=C3[C@@H](c3ccc(N(C)C)cc3)C[C@@]21C. The van der Waals surface area contributed by atoms with E-state index in [1.165, 1.54) is 23.6 Å². The molecule has 1 aromatic rings. The number of Topliss-reactive ketones (excluding diaryl/α,β-unsaturated/α-hetero) is 1. The summed E-state index contributed by atoms with van der Waals surface area (Å²) in [6.45, 7) is 2.24. The van der Waals surface area contributed by atoms with Gasteiger partial charge >= 0.3 is 5.97 Å². The second-order valence-corrected chi connectivity index (χ2v) is 11.5. The molecule has 2 fully saturated rings. The van der Waals surface area contributed by atoms with Crippen LogP contribution in [0.25, 0.3) is 0 Å². The van der Waals surface area contributed by atoms with E-state index in [2.05, 4.69) is 36.1 Å². The first-order valence-corrected chi connectivity index (χ1v) is 13.1. The van der Waals surface area contributed by atoms with Gasteiger partial charge in [0.15, 0.2) is 18.1 Å². The first-order chi connectivity index (χ1) is 17.1. The highest BCUT2D eigenvalue weighted by atomic mass is 19.1. The summed E-state index contributed by atoms with van der Waals surface area (Å²) in [6, 6.07) is 8.52. The number of halogens is 1. The van der Waals surface area contributed by atoms with Gasteiger partial charge in [-0.05, 0) is 85.3 Å². The molecule has 0 radical (unpaired) electrons. The molecule has 5 nitrogen and oxygen atoms in total. The van der Waals surface area contributed by atoms with Crippen molar-refractivity contribution in [1.82, 2.24) is 0 Å². The normalized spacial score (nSPS) is 33.3. The predicted octanol–water partition coefficient (Wildman–Crippen LogP) is 5.49. The summed E-state index contributed by atoms with van der Waals surface area (Å²) in [4.78, 5) is 39.7. The number of ketones is 2. The van der Waals surface area contributed by atoms with Crippen molar-refractivity contribution in [2.45, 2.75) is 70.3 Å². The maximum Gasteiger partial charge on any atom is 0.303 e. The summed E-state index contributed by atoms with van der Waals surface area (Å²) in [5, 5.41) is 0. The molecule has 0 saturated heterocycles. The van der Waals surface area contributed by atoms with E-state index in [0.29, 0.717) is 19.3 Å². The van der Waals surface area contributed by atoms with Gasteiger partial charge < -0.3 is 9.64 Å². The molecule has 36 heavy (non-hydrogen) atoms. The van der Waals surface area contributed by atoms with E-state index in [-0.39, 0.29) is 23.5 Å². The zero-order valence-electron chi connectivity index (χ0n) is 21.7. The molecule has 0 aromatic heterocycles. The molecule has 4 aliphatic carbocycles. The van der Waals surface area contributed by atoms with E-state index < -0.39 is 29.4 Å². The molecule has 0 spiro atoms. The Bertz CT molecular complexity index is 1170. The standard InChI is InChI=1S/C30H36FNO4/c1-18(33)36-30(27(35)17-31)14-13-26-24-11-7-20-15-22(34)10-12-23(20)28(24)25(16-29(26,30)2)19-5-8-21(9-6-19)32(3)4/h5-6,8-9,15,24-26H,7,10-14,16-17H2,1-4H3/t24-,25+,26-,29-,30-/m0/s1. The van der Waals surface area contributed by atoms with Crippen LogP contribution < -0.4 is 4.90 Å². The maximum atomic E-state index is 14.0. The van der Waals surface area contributed by atoms with Crippen LogP contribution in [0.4, 0.5) is 10.1 Å². The molecule has 5 atom stereocenters. The lowest BCUT2D eigenvalue weighted by Gasteiger charge is -2.55. The lowest BCUT2D eigenvalue weighted by molar-refractivity contribution is -0.184. The third-order valence-electron chi connectivity index (χ3n) is 9.56. The lowest BCUT2D eigenvalue weighted by atomic mass is 9.50. The van der Waals surface area contributed by atoms with Crippen molar-refractivity contribution >= 4 is 23.2 Å². The van der Waals surface area contributed by atoms with Crippen LogP contribution in [0.15, 0.2) is 47.1 Å². The number of fused-ring (bicyclic) bond motifs is 4. The fraction of sp³-hybridized carbons (Fsp3) is 0.567. The fourth-order valence-electron chi connectivity index (χ4n) is 7.99. The van der Waals surface area contributed by atoms with Crippen LogP contribution in [-0.2, 0) is 19.1 Å². The molecule has 0 N–H and O–H groups in total. The van der Waals surface area contributed by atoms with E-state index in [1.807, 2.05) is 20.2 Å². The van der Waals surface area contributed by atoms with Gasteiger partial charge in [-0.15, -0.1) is 0 Å². The zero-order chi connectivity index (χ0) is 25.8. The highest BCUT2D eigenvalue weighted by Crippen LogP contribution is 2.67. The molecule has 0 amide bonds. The van der Waals surface area contributed by atoms with Crippen LogP contribution in [0.2, 0.25) is 0 Å². The minimum atomic E-state index is -1.44. The van der Waals surface area contributed by atoms with E-state index in [0.717, 1.165) is 36.9 Å². The molecule has 1 aromatic carbocycles.